The fourth-order valence-electron chi connectivity index (χ4n) is 6.07. The second-order valence-corrected chi connectivity index (χ2v) is 10.1. The predicted molar refractivity (Wildman–Crippen MR) is 111 cm³/mol. The number of halogens is 3. The largest absolute Gasteiger partial charge is 0.469 e. The molecule has 0 saturated heterocycles. The van der Waals surface area contributed by atoms with Gasteiger partial charge in [-0.3, -0.25) is 9.48 Å². The number of aliphatic hydroxyl groups is 1. The minimum atomic E-state index is -4.88. The van der Waals surface area contributed by atoms with Crippen molar-refractivity contribution < 1.29 is 27.8 Å². The van der Waals surface area contributed by atoms with Gasteiger partial charge in [0, 0.05) is 23.4 Å². The Morgan fingerprint density at radius 3 is 2.42 bits per heavy atom. The highest BCUT2D eigenvalue weighted by molar-refractivity contribution is 5.77. The third-order valence-electron chi connectivity index (χ3n) is 8.31. The molecule has 33 heavy (non-hydrogen) atoms. The molecule has 0 aromatic carbocycles. The first kappa shape index (κ1) is 22.3. The summed E-state index contributed by atoms with van der Waals surface area (Å²) in [5.41, 5.74) is -1.61. The summed E-state index contributed by atoms with van der Waals surface area (Å²) in [6.07, 6.45) is 1.29. The van der Waals surface area contributed by atoms with Crippen LogP contribution in [0.4, 0.5) is 13.2 Å². The number of nitrogens with zero attached hydrogens (tertiary/aromatic N) is 4. The Labute approximate surface area is 189 Å². The third-order valence-corrected chi connectivity index (χ3v) is 8.31. The van der Waals surface area contributed by atoms with Crippen LogP contribution in [0.3, 0.4) is 0 Å². The molecule has 2 bridgehead atoms. The van der Waals surface area contributed by atoms with E-state index in [1.807, 2.05) is 17.7 Å². The summed E-state index contributed by atoms with van der Waals surface area (Å²) in [5.74, 6) is -0.465. The van der Waals surface area contributed by atoms with Crippen molar-refractivity contribution in [2.45, 2.75) is 82.0 Å². The van der Waals surface area contributed by atoms with Crippen LogP contribution in [0.5, 0.6) is 0 Å². The van der Waals surface area contributed by atoms with Crippen molar-refractivity contribution in [2.75, 3.05) is 7.11 Å². The van der Waals surface area contributed by atoms with Crippen molar-refractivity contribution in [3.8, 4) is 11.3 Å². The van der Waals surface area contributed by atoms with Gasteiger partial charge in [-0.05, 0) is 57.1 Å². The maximum atomic E-state index is 13.6. The zero-order chi connectivity index (χ0) is 23.8. The van der Waals surface area contributed by atoms with E-state index in [-0.39, 0.29) is 17.3 Å². The summed E-state index contributed by atoms with van der Waals surface area (Å²) in [5, 5.41) is 22.8. The summed E-state index contributed by atoms with van der Waals surface area (Å²) in [6, 6.07) is 1.95. The third kappa shape index (κ3) is 3.05. The van der Waals surface area contributed by atoms with E-state index in [1.54, 1.807) is 0 Å². The van der Waals surface area contributed by atoms with Gasteiger partial charge >= 0.3 is 12.1 Å². The Kier molecular flexibility index (Phi) is 4.74. The summed E-state index contributed by atoms with van der Waals surface area (Å²) in [6.45, 7) is 2.92. The van der Waals surface area contributed by atoms with Crippen LogP contribution >= 0.6 is 0 Å². The Morgan fingerprint density at radius 1 is 1.21 bits per heavy atom. The fraction of sp³-hybridized carbons (Fsp3) is 0.652. The number of hydrogen-bond acceptors (Lipinski definition) is 6. The van der Waals surface area contributed by atoms with Crippen LogP contribution < -0.4 is 0 Å². The van der Waals surface area contributed by atoms with Crippen LogP contribution in [-0.4, -0.2) is 44.3 Å². The van der Waals surface area contributed by atoms with Crippen LogP contribution in [0.1, 0.15) is 75.2 Å². The van der Waals surface area contributed by atoms with Crippen LogP contribution in [0, 0.1) is 5.41 Å². The van der Waals surface area contributed by atoms with Crippen LogP contribution in [0.15, 0.2) is 12.3 Å². The van der Waals surface area contributed by atoms with E-state index in [2.05, 4.69) is 10.2 Å². The zero-order valence-corrected chi connectivity index (χ0v) is 18.9. The maximum absolute atomic E-state index is 13.6. The van der Waals surface area contributed by atoms with Gasteiger partial charge in [0.25, 0.3) is 0 Å². The van der Waals surface area contributed by atoms with Crippen LogP contribution in [0.2, 0.25) is 0 Å². The molecule has 2 atom stereocenters. The zero-order valence-electron chi connectivity index (χ0n) is 18.9. The van der Waals surface area contributed by atoms with Crippen molar-refractivity contribution in [3.05, 3.63) is 29.2 Å². The first-order chi connectivity index (χ1) is 15.4. The number of methoxy groups -OCH3 is 1. The highest BCUT2D eigenvalue weighted by Gasteiger charge is 2.56. The van der Waals surface area contributed by atoms with Gasteiger partial charge in [0.15, 0.2) is 0 Å². The molecule has 0 unspecified atom stereocenters. The number of esters is 1. The lowest BCUT2D eigenvalue weighted by Crippen LogP contribution is -2.48. The molecule has 3 saturated carbocycles. The fourth-order valence-corrected chi connectivity index (χ4v) is 6.07. The van der Waals surface area contributed by atoms with Crippen molar-refractivity contribution in [1.82, 2.24) is 20.0 Å². The van der Waals surface area contributed by atoms with Crippen LogP contribution in [-0.2, 0) is 27.1 Å². The molecule has 0 amide bonds. The number of aromatic nitrogens is 4. The summed E-state index contributed by atoms with van der Waals surface area (Å²) in [7, 11) is 1.43. The maximum Gasteiger partial charge on any atom is 0.422 e. The predicted octanol–water partition coefficient (Wildman–Crippen LogP) is 3.99. The van der Waals surface area contributed by atoms with Gasteiger partial charge in [0.2, 0.25) is 5.60 Å². The first-order valence-corrected chi connectivity index (χ1v) is 11.3. The average Bonchev–Trinajstić information content (AvgIpc) is 3.23. The number of hydrogen-bond donors (Lipinski definition) is 1. The number of carbonyl (C=O) groups is 1. The molecule has 2 aromatic rings. The normalized spacial score (nSPS) is 30.3. The topological polar surface area (TPSA) is 90.1 Å². The van der Waals surface area contributed by atoms with E-state index in [4.69, 9.17) is 9.84 Å². The van der Waals surface area contributed by atoms with Gasteiger partial charge in [-0.15, -0.1) is 0 Å². The summed E-state index contributed by atoms with van der Waals surface area (Å²) in [4.78, 5) is 12.3. The second kappa shape index (κ2) is 7.01. The molecule has 1 aliphatic heterocycles. The van der Waals surface area contributed by atoms with E-state index >= 15 is 0 Å². The van der Waals surface area contributed by atoms with E-state index in [0.29, 0.717) is 23.4 Å². The number of carbonyl (C=O) groups excluding carboxylic acids is 1. The van der Waals surface area contributed by atoms with E-state index in [9.17, 15) is 23.1 Å². The molecule has 10 heteroatoms. The first-order valence-electron chi connectivity index (χ1n) is 11.3. The van der Waals surface area contributed by atoms with Gasteiger partial charge in [-0.1, -0.05) is 6.92 Å². The van der Waals surface area contributed by atoms with Gasteiger partial charge in [0.05, 0.1) is 30.1 Å². The minimum absolute atomic E-state index is 0.134. The highest BCUT2D eigenvalue weighted by Crippen LogP contribution is 2.58. The SMILES string of the molecule is COC(=O)C12CCC(c3cc4n(n3)C[C@@H](C)c3c-4cnnc3[C@](C)(O)C(F)(F)F)(CC1)CC2. The molecular weight excluding hydrogens is 437 g/mol. The Balaban J connectivity index is 1.54. The average molecular weight is 464 g/mol. The number of ether oxygens (including phenoxy) is 1. The molecule has 7 nitrogen and oxygen atoms in total. The Bertz CT molecular complexity index is 1100. The van der Waals surface area contributed by atoms with Gasteiger partial charge in [0.1, 0.15) is 5.69 Å². The molecule has 4 aliphatic rings. The Morgan fingerprint density at radius 2 is 1.85 bits per heavy atom. The van der Waals surface area contributed by atoms with Crippen molar-refractivity contribution >= 4 is 5.97 Å². The van der Waals surface area contributed by atoms with Crippen molar-refractivity contribution in [2.24, 2.45) is 5.41 Å². The molecule has 3 aliphatic carbocycles. The summed E-state index contributed by atoms with van der Waals surface area (Å²) < 4.78 is 47.7. The second-order valence-electron chi connectivity index (χ2n) is 10.1. The van der Waals surface area contributed by atoms with Crippen LogP contribution in [0.25, 0.3) is 11.3 Å². The smallest absolute Gasteiger partial charge is 0.422 e. The van der Waals surface area contributed by atoms with Gasteiger partial charge < -0.3 is 9.84 Å². The number of rotatable bonds is 3. The lowest BCUT2D eigenvalue weighted by atomic mass is 9.53. The molecule has 0 spiro atoms. The van der Waals surface area contributed by atoms with E-state index in [0.717, 1.165) is 51.1 Å². The summed E-state index contributed by atoms with van der Waals surface area (Å²) >= 11 is 0. The molecule has 3 heterocycles. The molecule has 178 valence electrons. The highest BCUT2D eigenvalue weighted by atomic mass is 19.4. The molecule has 6 rings (SSSR count). The van der Waals surface area contributed by atoms with Crippen molar-refractivity contribution in [3.63, 3.8) is 0 Å². The number of fused-ring (bicyclic) bond motifs is 6. The molecular formula is C23H27F3N4O3. The van der Waals surface area contributed by atoms with Gasteiger partial charge in [-0.2, -0.15) is 28.5 Å². The van der Waals surface area contributed by atoms with Crippen molar-refractivity contribution in [1.29, 1.82) is 0 Å². The monoisotopic (exact) mass is 464 g/mol. The quantitative estimate of drug-likeness (QED) is 0.691. The lowest BCUT2D eigenvalue weighted by molar-refractivity contribution is -0.260. The standard InChI is InChI=1S/C23H27F3N4O3/c1-13-12-30-15(14-11-27-28-18(17(13)14)20(2,32)23(24,25)26)10-16(29-30)21-4-7-22(8-5-21,9-6-21)19(31)33-3/h10-11,13,32H,4-9,12H2,1-3H3/t13-,20+,21?,22?/m1/s1. The molecule has 3 fully saturated rings. The molecule has 2 aromatic heterocycles. The molecule has 1 N–H and O–H groups in total. The number of alkyl halides is 3. The molecule has 0 radical (unpaired) electrons. The van der Waals surface area contributed by atoms with E-state index < -0.39 is 22.9 Å². The lowest BCUT2D eigenvalue weighted by Gasteiger charge is -2.51. The van der Waals surface area contributed by atoms with E-state index in [1.165, 1.54) is 13.3 Å². The Hall–Kier alpha value is -2.49. The minimum Gasteiger partial charge on any atom is -0.469 e. The van der Waals surface area contributed by atoms with Gasteiger partial charge in [-0.25, -0.2) is 0 Å².